The molecule has 19 heavy (non-hydrogen) atoms. The number of pyridine rings is 1. The van der Waals surface area contributed by atoms with E-state index in [4.69, 9.17) is 0 Å². The highest BCUT2D eigenvalue weighted by atomic mass is 19.1. The van der Waals surface area contributed by atoms with Crippen LogP contribution in [0.3, 0.4) is 0 Å². The van der Waals surface area contributed by atoms with Crippen LogP contribution in [0.1, 0.15) is 5.56 Å². The van der Waals surface area contributed by atoms with E-state index in [1.807, 2.05) is 24.3 Å². The van der Waals surface area contributed by atoms with Crippen LogP contribution >= 0.6 is 0 Å². The van der Waals surface area contributed by atoms with Gasteiger partial charge in [-0.05, 0) is 17.7 Å². The Kier molecular flexibility index (Phi) is 2.87. The van der Waals surface area contributed by atoms with Crippen LogP contribution in [-0.4, -0.2) is 16.9 Å². The van der Waals surface area contributed by atoms with E-state index in [0.717, 1.165) is 17.4 Å². The molecular weight excluding hydrogens is 245 g/mol. The molecule has 1 atom stereocenters. The molecule has 3 rings (SSSR count). The molecule has 2 aromatic rings. The van der Waals surface area contributed by atoms with Crippen LogP contribution in [0.5, 0.6) is 0 Å². The van der Waals surface area contributed by atoms with E-state index in [2.05, 4.69) is 15.6 Å². The molecule has 2 heterocycles. The fraction of sp³-hybridized carbons (Fsp3) is 0.143. The molecule has 0 fully saturated rings. The predicted octanol–water partition coefficient (Wildman–Crippen LogP) is 2.20. The standard InChI is InChI=1S/C14H12FN3O/c15-10-8-16-6-5-12(10)18-14(19)13-7-9-3-1-2-4-11(9)17-13/h1-6,8,13,17H,7H2,(H,16,18,19). The normalized spacial score (nSPS) is 16.6. The minimum absolute atomic E-state index is 0.151. The van der Waals surface area contributed by atoms with Crippen molar-refractivity contribution in [3.05, 3.63) is 54.1 Å². The van der Waals surface area contributed by atoms with Crippen LogP contribution in [0.2, 0.25) is 0 Å². The summed E-state index contributed by atoms with van der Waals surface area (Å²) in [5.74, 6) is -0.785. The van der Waals surface area contributed by atoms with Crippen molar-refractivity contribution in [2.75, 3.05) is 10.6 Å². The second-order valence-electron chi connectivity index (χ2n) is 4.40. The van der Waals surface area contributed by atoms with Crippen molar-refractivity contribution in [2.24, 2.45) is 0 Å². The summed E-state index contributed by atoms with van der Waals surface area (Å²) in [5, 5.41) is 5.69. The van der Waals surface area contributed by atoms with Crippen LogP contribution in [0.25, 0.3) is 0 Å². The lowest BCUT2D eigenvalue weighted by Crippen LogP contribution is -2.33. The largest absolute Gasteiger partial charge is 0.373 e. The number of halogens is 1. The summed E-state index contributed by atoms with van der Waals surface area (Å²) in [7, 11) is 0. The number of hydrogen-bond donors (Lipinski definition) is 2. The summed E-state index contributed by atoms with van der Waals surface area (Å²) in [6.07, 6.45) is 3.12. The first kappa shape index (κ1) is 11.6. The molecule has 4 nitrogen and oxygen atoms in total. The van der Waals surface area contributed by atoms with Crippen molar-refractivity contribution in [2.45, 2.75) is 12.5 Å². The van der Waals surface area contributed by atoms with Gasteiger partial charge in [-0.3, -0.25) is 9.78 Å². The Morgan fingerprint density at radius 3 is 3.00 bits per heavy atom. The quantitative estimate of drug-likeness (QED) is 0.867. The highest BCUT2D eigenvalue weighted by Crippen LogP contribution is 2.25. The van der Waals surface area contributed by atoms with Gasteiger partial charge in [0.1, 0.15) is 6.04 Å². The zero-order valence-corrected chi connectivity index (χ0v) is 10.1. The smallest absolute Gasteiger partial charge is 0.247 e. The van der Waals surface area contributed by atoms with Gasteiger partial charge in [0, 0.05) is 18.3 Å². The highest BCUT2D eigenvalue weighted by Gasteiger charge is 2.26. The van der Waals surface area contributed by atoms with E-state index < -0.39 is 5.82 Å². The predicted molar refractivity (Wildman–Crippen MR) is 70.4 cm³/mol. The SMILES string of the molecule is O=C(Nc1ccncc1F)C1Cc2ccccc2N1. The molecule has 1 amide bonds. The average molecular weight is 257 g/mol. The molecule has 0 bridgehead atoms. The first-order valence-corrected chi connectivity index (χ1v) is 5.99. The molecule has 0 aliphatic carbocycles. The average Bonchev–Trinajstić information content (AvgIpc) is 2.85. The van der Waals surface area contributed by atoms with Crippen molar-refractivity contribution < 1.29 is 9.18 Å². The van der Waals surface area contributed by atoms with Gasteiger partial charge in [0.05, 0.1) is 11.9 Å². The number of aromatic nitrogens is 1. The van der Waals surface area contributed by atoms with E-state index in [1.54, 1.807) is 0 Å². The Labute approximate surface area is 109 Å². The van der Waals surface area contributed by atoms with Crippen LogP contribution in [0.15, 0.2) is 42.7 Å². The second kappa shape index (κ2) is 4.68. The van der Waals surface area contributed by atoms with Crippen LogP contribution in [0.4, 0.5) is 15.8 Å². The van der Waals surface area contributed by atoms with Crippen molar-refractivity contribution in [1.29, 1.82) is 0 Å². The summed E-state index contributed by atoms with van der Waals surface area (Å²) >= 11 is 0. The second-order valence-corrected chi connectivity index (χ2v) is 4.40. The van der Waals surface area contributed by atoms with Crippen LogP contribution in [-0.2, 0) is 11.2 Å². The third kappa shape index (κ3) is 2.27. The topological polar surface area (TPSA) is 54.0 Å². The molecule has 1 aromatic carbocycles. The van der Waals surface area contributed by atoms with E-state index in [9.17, 15) is 9.18 Å². The molecule has 96 valence electrons. The lowest BCUT2D eigenvalue weighted by atomic mass is 10.1. The number of amides is 1. The van der Waals surface area contributed by atoms with Gasteiger partial charge in [-0.15, -0.1) is 0 Å². The van der Waals surface area contributed by atoms with Gasteiger partial charge >= 0.3 is 0 Å². The van der Waals surface area contributed by atoms with Crippen molar-refractivity contribution in [3.63, 3.8) is 0 Å². The fourth-order valence-electron chi connectivity index (χ4n) is 2.15. The lowest BCUT2D eigenvalue weighted by Gasteiger charge is -2.12. The maximum Gasteiger partial charge on any atom is 0.247 e. The Bertz CT molecular complexity index is 605. The van der Waals surface area contributed by atoms with E-state index in [0.29, 0.717) is 6.42 Å². The molecular formula is C14H12FN3O. The number of carbonyl (C=O) groups excluding carboxylic acids is 1. The number of carbonyl (C=O) groups is 1. The monoisotopic (exact) mass is 257 g/mol. The number of para-hydroxylation sites is 1. The van der Waals surface area contributed by atoms with Crippen LogP contribution in [0, 0.1) is 5.82 Å². The first-order valence-electron chi connectivity index (χ1n) is 5.99. The molecule has 1 aromatic heterocycles. The number of nitrogens with zero attached hydrogens (tertiary/aromatic N) is 1. The molecule has 1 aliphatic rings. The first-order chi connectivity index (χ1) is 9.24. The number of rotatable bonds is 2. The number of hydrogen-bond acceptors (Lipinski definition) is 3. The number of anilines is 2. The zero-order chi connectivity index (χ0) is 13.2. The molecule has 0 radical (unpaired) electrons. The molecule has 0 spiro atoms. The van der Waals surface area contributed by atoms with Crippen molar-refractivity contribution in [3.8, 4) is 0 Å². The zero-order valence-electron chi connectivity index (χ0n) is 10.1. The van der Waals surface area contributed by atoms with E-state index in [-0.39, 0.29) is 17.6 Å². The highest BCUT2D eigenvalue weighted by molar-refractivity contribution is 5.98. The Morgan fingerprint density at radius 2 is 2.21 bits per heavy atom. The van der Waals surface area contributed by atoms with E-state index >= 15 is 0 Å². The van der Waals surface area contributed by atoms with Gasteiger partial charge in [0.2, 0.25) is 5.91 Å². The third-order valence-corrected chi connectivity index (χ3v) is 3.12. The number of nitrogens with one attached hydrogen (secondary N) is 2. The Hall–Kier alpha value is -2.43. The van der Waals surface area contributed by atoms with Gasteiger partial charge in [-0.2, -0.15) is 0 Å². The maximum absolute atomic E-state index is 13.4. The molecule has 0 saturated carbocycles. The van der Waals surface area contributed by atoms with Gasteiger partial charge in [-0.25, -0.2) is 4.39 Å². The summed E-state index contributed by atoms with van der Waals surface area (Å²) < 4.78 is 13.4. The minimum Gasteiger partial charge on any atom is -0.373 e. The fourth-order valence-corrected chi connectivity index (χ4v) is 2.15. The van der Waals surface area contributed by atoms with Crippen molar-refractivity contribution in [1.82, 2.24) is 4.98 Å². The molecule has 1 unspecified atom stereocenters. The summed E-state index contributed by atoms with van der Waals surface area (Å²) in [5.41, 5.74) is 2.20. The van der Waals surface area contributed by atoms with E-state index in [1.165, 1.54) is 12.3 Å². The summed E-state index contributed by atoms with van der Waals surface area (Å²) in [6, 6.07) is 8.82. The van der Waals surface area contributed by atoms with Gasteiger partial charge in [0.25, 0.3) is 0 Å². The van der Waals surface area contributed by atoms with Crippen LogP contribution < -0.4 is 10.6 Å². The van der Waals surface area contributed by atoms with Gasteiger partial charge in [0.15, 0.2) is 5.82 Å². The minimum atomic E-state index is -0.536. The Morgan fingerprint density at radius 1 is 1.37 bits per heavy atom. The summed E-state index contributed by atoms with van der Waals surface area (Å²) in [4.78, 5) is 15.7. The molecule has 5 heteroatoms. The molecule has 2 N–H and O–H groups in total. The van der Waals surface area contributed by atoms with Crippen molar-refractivity contribution >= 4 is 17.3 Å². The number of fused-ring (bicyclic) bond motifs is 1. The third-order valence-electron chi connectivity index (χ3n) is 3.12. The maximum atomic E-state index is 13.4. The number of benzene rings is 1. The van der Waals surface area contributed by atoms with Gasteiger partial charge < -0.3 is 10.6 Å². The molecule has 1 aliphatic heterocycles. The summed E-state index contributed by atoms with van der Waals surface area (Å²) in [6.45, 7) is 0. The molecule has 0 saturated heterocycles. The Balaban J connectivity index is 1.72. The lowest BCUT2D eigenvalue weighted by molar-refractivity contribution is -0.116. The van der Waals surface area contributed by atoms with Gasteiger partial charge in [-0.1, -0.05) is 18.2 Å².